The van der Waals surface area contributed by atoms with Crippen molar-refractivity contribution in [2.24, 2.45) is 0 Å². The Morgan fingerprint density at radius 1 is 1.44 bits per heavy atom. The summed E-state index contributed by atoms with van der Waals surface area (Å²) in [6.45, 7) is 4.03. The minimum absolute atomic E-state index is 0.154. The first-order chi connectivity index (χ1) is 7.50. The fraction of sp³-hybridized carbons (Fsp3) is 0.300. The van der Waals surface area contributed by atoms with Crippen LogP contribution in [-0.4, -0.2) is 9.78 Å². The maximum absolute atomic E-state index is 5.99. The second kappa shape index (κ2) is 4.50. The van der Waals surface area contributed by atoms with Gasteiger partial charge in [0.05, 0.1) is 20.0 Å². The minimum atomic E-state index is 0.154. The quantitative estimate of drug-likeness (QED) is 0.876. The molecule has 2 N–H and O–H groups in total. The van der Waals surface area contributed by atoms with Crippen LogP contribution in [0.2, 0.25) is 0 Å². The average molecular weight is 365 g/mol. The Morgan fingerprint density at radius 2 is 2.12 bits per heavy atom. The zero-order valence-electron chi connectivity index (χ0n) is 8.87. The molecular formula is C10H11Br2N3S. The van der Waals surface area contributed by atoms with Crippen LogP contribution in [-0.2, 0) is 0 Å². The number of nitrogen functional groups attached to an aromatic ring is 1. The molecule has 0 saturated heterocycles. The molecule has 0 saturated carbocycles. The largest absolute Gasteiger partial charge is 0.383 e. The summed E-state index contributed by atoms with van der Waals surface area (Å²) in [7, 11) is 0. The van der Waals surface area contributed by atoms with Gasteiger partial charge in [-0.1, -0.05) is 0 Å². The molecule has 2 rings (SSSR count). The van der Waals surface area contributed by atoms with Crippen LogP contribution in [0.4, 0.5) is 5.82 Å². The van der Waals surface area contributed by atoms with Crippen molar-refractivity contribution in [2.45, 2.75) is 19.9 Å². The molecule has 1 unspecified atom stereocenters. The van der Waals surface area contributed by atoms with E-state index in [1.165, 1.54) is 4.88 Å². The van der Waals surface area contributed by atoms with Gasteiger partial charge >= 0.3 is 0 Å². The van der Waals surface area contributed by atoms with Crippen molar-refractivity contribution in [2.75, 3.05) is 5.73 Å². The Balaban J connectivity index is 2.41. The highest BCUT2D eigenvalue weighted by molar-refractivity contribution is 9.11. The van der Waals surface area contributed by atoms with Gasteiger partial charge in [0.25, 0.3) is 0 Å². The Hall–Kier alpha value is -0.330. The molecule has 3 nitrogen and oxygen atoms in total. The van der Waals surface area contributed by atoms with Gasteiger partial charge in [0, 0.05) is 4.88 Å². The first-order valence-electron chi connectivity index (χ1n) is 4.76. The van der Waals surface area contributed by atoms with E-state index in [9.17, 15) is 0 Å². The number of halogens is 2. The van der Waals surface area contributed by atoms with Crippen LogP contribution >= 0.6 is 43.2 Å². The van der Waals surface area contributed by atoms with Crippen molar-refractivity contribution in [3.8, 4) is 0 Å². The van der Waals surface area contributed by atoms with E-state index < -0.39 is 0 Å². The van der Waals surface area contributed by atoms with E-state index in [4.69, 9.17) is 5.73 Å². The van der Waals surface area contributed by atoms with Gasteiger partial charge in [0.15, 0.2) is 0 Å². The van der Waals surface area contributed by atoms with Crippen LogP contribution in [0.5, 0.6) is 0 Å². The molecule has 16 heavy (non-hydrogen) atoms. The van der Waals surface area contributed by atoms with E-state index in [0.29, 0.717) is 5.82 Å². The molecule has 0 spiro atoms. The Labute approximate surface area is 115 Å². The van der Waals surface area contributed by atoms with Gasteiger partial charge in [-0.05, 0) is 57.8 Å². The lowest BCUT2D eigenvalue weighted by atomic mass is 10.3. The van der Waals surface area contributed by atoms with Crippen molar-refractivity contribution in [1.29, 1.82) is 0 Å². The van der Waals surface area contributed by atoms with Gasteiger partial charge in [0.2, 0.25) is 0 Å². The predicted molar refractivity (Wildman–Crippen MR) is 74.9 cm³/mol. The van der Waals surface area contributed by atoms with Crippen molar-refractivity contribution in [3.63, 3.8) is 0 Å². The van der Waals surface area contributed by atoms with Gasteiger partial charge in [-0.15, -0.1) is 11.3 Å². The zero-order valence-corrected chi connectivity index (χ0v) is 12.9. The molecule has 86 valence electrons. The Kier molecular flexibility index (Phi) is 3.42. The van der Waals surface area contributed by atoms with E-state index in [1.54, 1.807) is 11.3 Å². The second-order valence-electron chi connectivity index (χ2n) is 3.55. The standard InChI is InChI=1S/C10H11Br2N3S/c1-5-9(12)10(13)15(14-5)6(2)7-3-4-8(11)16-7/h3-4,6H,13H2,1-2H3. The third-order valence-corrected chi connectivity index (χ3v) is 5.19. The topological polar surface area (TPSA) is 43.8 Å². The zero-order chi connectivity index (χ0) is 11.9. The number of aromatic nitrogens is 2. The summed E-state index contributed by atoms with van der Waals surface area (Å²) in [4.78, 5) is 1.23. The van der Waals surface area contributed by atoms with Crippen LogP contribution in [0, 0.1) is 6.92 Å². The Morgan fingerprint density at radius 3 is 2.56 bits per heavy atom. The van der Waals surface area contributed by atoms with E-state index >= 15 is 0 Å². The maximum Gasteiger partial charge on any atom is 0.137 e. The van der Waals surface area contributed by atoms with Crippen LogP contribution in [0.25, 0.3) is 0 Å². The van der Waals surface area contributed by atoms with Gasteiger partial charge in [0.1, 0.15) is 5.82 Å². The van der Waals surface area contributed by atoms with Crippen LogP contribution < -0.4 is 5.73 Å². The summed E-state index contributed by atoms with van der Waals surface area (Å²) in [6, 6.07) is 4.28. The molecule has 2 aromatic heterocycles. The molecule has 0 aliphatic heterocycles. The molecule has 2 heterocycles. The van der Waals surface area contributed by atoms with Crippen LogP contribution in [0.3, 0.4) is 0 Å². The molecule has 0 fully saturated rings. The molecule has 0 aliphatic rings. The van der Waals surface area contributed by atoms with E-state index in [-0.39, 0.29) is 6.04 Å². The van der Waals surface area contributed by atoms with Gasteiger partial charge in [-0.25, -0.2) is 4.68 Å². The molecule has 0 bridgehead atoms. The number of nitrogens with two attached hydrogens (primary N) is 1. The van der Waals surface area contributed by atoms with Crippen molar-refractivity contribution < 1.29 is 0 Å². The third-order valence-electron chi connectivity index (χ3n) is 2.42. The Bertz CT molecular complexity index is 518. The first kappa shape index (κ1) is 12.1. The highest BCUT2D eigenvalue weighted by Gasteiger charge is 2.17. The highest BCUT2D eigenvalue weighted by atomic mass is 79.9. The van der Waals surface area contributed by atoms with Crippen LogP contribution in [0.1, 0.15) is 23.5 Å². The number of hydrogen-bond acceptors (Lipinski definition) is 3. The number of thiophene rings is 1. The lowest BCUT2D eigenvalue weighted by Crippen LogP contribution is -2.10. The van der Waals surface area contributed by atoms with Crippen molar-refractivity contribution in [1.82, 2.24) is 9.78 Å². The molecule has 0 aromatic carbocycles. The number of hydrogen-bond donors (Lipinski definition) is 1. The third kappa shape index (κ3) is 2.06. The van der Waals surface area contributed by atoms with Crippen molar-refractivity contribution >= 4 is 49.0 Å². The van der Waals surface area contributed by atoms with Crippen molar-refractivity contribution in [3.05, 3.63) is 31.0 Å². The average Bonchev–Trinajstić information content (AvgIpc) is 2.78. The maximum atomic E-state index is 5.99. The first-order valence-corrected chi connectivity index (χ1v) is 7.16. The molecule has 0 radical (unpaired) electrons. The monoisotopic (exact) mass is 363 g/mol. The lowest BCUT2D eigenvalue weighted by Gasteiger charge is -2.11. The number of rotatable bonds is 2. The lowest BCUT2D eigenvalue weighted by molar-refractivity contribution is 0.577. The molecule has 0 aliphatic carbocycles. The van der Waals surface area contributed by atoms with Gasteiger partial charge in [-0.2, -0.15) is 5.10 Å². The molecule has 6 heteroatoms. The molecular weight excluding hydrogens is 354 g/mol. The summed E-state index contributed by atoms with van der Waals surface area (Å²) in [5.74, 6) is 0.675. The number of anilines is 1. The van der Waals surface area contributed by atoms with Gasteiger partial charge in [-0.3, -0.25) is 0 Å². The summed E-state index contributed by atoms with van der Waals surface area (Å²) in [5.41, 5.74) is 6.91. The van der Waals surface area contributed by atoms with E-state index in [0.717, 1.165) is 14.0 Å². The summed E-state index contributed by atoms with van der Waals surface area (Å²) in [5, 5.41) is 4.43. The number of aryl methyl sites for hydroxylation is 1. The summed E-state index contributed by atoms with van der Waals surface area (Å²) in [6.07, 6.45) is 0. The molecule has 2 aromatic rings. The SMILES string of the molecule is Cc1nn(C(C)c2ccc(Br)s2)c(N)c1Br. The second-order valence-corrected chi connectivity index (χ2v) is 6.83. The molecule has 0 amide bonds. The highest BCUT2D eigenvalue weighted by Crippen LogP contribution is 2.33. The van der Waals surface area contributed by atoms with Gasteiger partial charge < -0.3 is 5.73 Å². The van der Waals surface area contributed by atoms with E-state index in [1.807, 2.05) is 17.7 Å². The fourth-order valence-electron chi connectivity index (χ4n) is 1.51. The number of nitrogens with zero attached hydrogens (tertiary/aromatic N) is 2. The summed E-state index contributed by atoms with van der Waals surface area (Å²) < 4.78 is 3.85. The normalized spacial score (nSPS) is 13.0. The summed E-state index contributed by atoms with van der Waals surface area (Å²) >= 11 is 8.59. The predicted octanol–water partition coefficient (Wildman–Crippen LogP) is 3.97. The minimum Gasteiger partial charge on any atom is -0.383 e. The molecule has 1 atom stereocenters. The van der Waals surface area contributed by atoms with Crippen LogP contribution in [0.15, 0.2) is 20.4 Å². The smallest absolute Gasteiger partial charge is 0.137 e. The van der Waals surface area contributed by atoms with E-state index in [2.05, 4.69) is 49.9 Å². The fourth-order valence-corrected chi connectivity index (χ4v) is 3.24.